The Morgan fingerprint density at radius 2 is 1.94 bits per heavy atom. The standard InChI is InChI=1S/C14H22N4/c1-8-3-6-11(7-8)16-13-9(2)12(15)17-14(18-13)10-4-5-10/h8,10-11H,3-7H2,1-2H3,(H3,15,16,17,18). The second-order valence-corrected chi connectivity index (χ2v) is 5.97. The maximum absolute atomic E-state index is 6.00. The number of nitrogens with zero attached hydrogens (tertiary/aromatic N) is 2. The summed E-state index contributed by atoms with van der Waals surface area (Å²) < 4.78 is 0. The zero-order valence-electron chi connectivity index (χ0n) is 11.2. The molecule has 2 saturated carbocycles. The highest BCUT2D eigenvalue weighted by Crippen LogP contribution is 2.39. The normalized spacial score (nSPS) is 27.4. The van der Waals surface area contributed by atoms with Crippen molar-refractivity contribution in [3.05, 3.63) is 11.4 Å². The third-order valence-corrected chi connectivity index (χ3v) is 4.18. The highest BCUT2D eigenvalue weighted by molar-refractivity contribution is 5.55. The summed E-state index contributed by atoms with van der Waals surface area (Å²) in [4.78, 5) is 9.09. The van der Waals surface area contributed by atoms with Crippen LogP contribution in [0.5, 0.6) is 0 Å². The Labute approximate surface area is 108 Å². The van der Waals surface area contributed by atoms with E-state index in [1.807, 2.05) is 6.92 Å². The Balaban J connectivity index is 1.81. The van der Waals surface area contributed by atoms with Gasteiger partial charge in [0.1, 0.15) is 17.5 Å². The van der Waals surface area contributed by atoms with Gasteiger partial charge in [-0.05, 0) is 44.9 Å². The maximum Gasteiger partial charge on any atom is 0.136 e. The summed E-state index contributed by atoms with van der Waals surface area (Å²) in [7, 11) is 0. The van der Waals surface area contributed by atoms with E-state index >= 15 is 0 Å². The van der Waals surface area contributed by atoms with Crippen LogP contribution in [0.2, 0.25) is 0 Å². The lowest BCUT2D eigenvalue weighted by Gasteiger charge is -2.16. The van der Waals surface area contributed by atoms with E-state index in [9.17, 15) is 0 Å². The van der Waals surface area contributed by atoms with Gasteiger partial charge < -0.3 is 11.1 Å². The summed E-state index contributed by atoms with van der Waals surface area (Å²) in [5.74, 6) is 3.91. The van der Waals surface area contributed by atoms with Crippen LogP contribution >= 0.6 is 0 Å². The van der Waals surface area contributed by atoms with E-state index in [1.54, 1.807) is 0 Å². The lowest BCUT2D eigenvalue weighted by atomic mass is 10.1. The zero-order valence-corrected chi connectivity index (χ0v) is 11.2. The molecule has 1 heterocycles. The molecule has 2 fully saturated rings. The second-order valence-electron chi connectivity index (χ2n) is 5.97. The van der Waals surface area contributed by atoms with E-state index in [1.165, 1.54) is 32.1 Å². The summed E-state index contributed by atoms with van der Waals surface area (Å²) in [5, 5.41) is 3.57. The molecule has 98 valence electrons. The first-order valence-corrected chi connectivity index (χ1v) is 7.04. The Hall–Kier alpha value is -1.32. The minimum absolute atomic E-state index is 0.552. The number of anilines is 2. The number of hydrogen-bond acceptors (Lipinski definition) is 4. The summed E-state index contributed by atoms with van der Waals surface area (Å²) in [6.07, 6.45) is 6.21. The number of hydrogen-bond donors (Lipinski definition) is 2. The number of aromatic nitrogens is 2. The fourth-order valence-corrected chi connectivity index (χ4v) is 2.75. The predicted molar refractivity (Wildman–Crippen MR) is 73.6 cm³/mol. The van der Waals surface area contributed by atoms with Gasteiger partial charge in [0.2, 0.25) is 0 Å². The van der Waals surface area contributed by atoms with E-state index in [2.05, 4.69) is 22.2 Å². The Kier molecular flexibility index (Phi) is 2.88. The molecule has 0 amide bonds. The average molecular weight is 246 g/mol. The monoisotopic (exact) mass is 246 g/mol. The highest BCUT2D eigenvalue weighted by Gasteiger charge is 2.29. The van der Waals surface area contributed by atoms with Gasteiger partial charge in [-0.15, -0.1) is 0 Å². The minimum Gasteiger partial charge on any atom is -0.383 e. The van der Waals surface area contributed by atoms with Crippen molar-refractivity contribution in [2.75, 3.05) is 11.1 Å². The van der Waals surface area contributed by atoms with Gasteiger partial charge in [0.15, 0.2) is 0 Å². The third kappa shape index (κ3) is 2.28. The summed E-state index contributed by atoms with van der Waals surface area (Å²) >= 11 is 0. The summed E-state index contributed by atoms with van der Waals surface area (Å²) in [6, 6.07) is 0.556. The molecule has 2 atom stereocenters. The van der Waals surface area contributed by atoms with Crippen molar-refractivity contribution in [3.63, 3.8) is 0 Å². The van der Waals surface area contributed by atoms with Crippen molar-refractivity contribution in [1.29, 1.82) is 0 Å². The third-order valence-electron chi connectivity index (χ3n) is 4.18. The fourth-order valence-electron chi connectivity index (χ4n) is 2.75. The lowest BCUT2D eigenvalue weighted by molar-refractivity contribution is 0.602. The van der Waals surface area contributed by atoms with Gasteiger partial charge in [-0.2, -0.15) is 0 Å². The van der Waals surface area contributed by atoms with Crippen LogP contribution in [0, 0.1) is 12.8 Å². The van der Waals surface area contributed by atoms with Crippen LogP contribution in [0.4, 0.5) is 11.6 Å². The number of nitrogen functional groups attached to an aromatic ring is 1. The van der Waals surface area contributed by atoms with Crippen molar-refractivity contribution in [2.45, 2.75) is 57.9 Å². The molecule has 0 spiro atoms. The van der Waals surface area contributed by atoms with E-state index in [0.717, 1.165) is 23.1 Å². The van der Waals surface area contributed by atoms with Gasteiger partial charge in [-0.3, -0.25) is 0 Å². The van der Waals surface area contributed by atoms with Crippen LogP contribution in [-0.4, -0.2) is 16.0 Å². The molecular weight excluding hydrogens is 224 g/mol. The Bertz CT molecular complexity index is 453. The van der Waals surface area contributed by atoms with Crippen LogP contribution in [0.25, 0.3) is 0 Å². The van der Waals surface area contributed by atoms with Crippen LogP contribution in [0.1, 0.15) is 56.3 Å². The van der Waals surface area contributed by atoms with Crippen LogP contribution in [-0.2, 0) is 0 Å². The lowest BCUT2D eigenvalue weighted by Crippen LogP contribution is -2.18. The first-order chi connectivity index (χ1) is 8.63. The minimum atomic E-state index is 0.552. The largest absolute Gasteiger partial charge is 0.383 e. The van der Waals surface area contributed by atoms with E-state index < -0.39 is 0 Å². The first kappa shape index (κ1) is 11.8. The molecule has 4 heteroatoms. The number of nitrogens with two attached hydrogens (primary N) is 1. The highest BCUT2D eigenvalue weighted by atomic mass is 15.1. The van der Waals surface area contributed by atoms with Crippen molar-refractivity contribution < 1.29 is 0 Å². The SMILES string of the molecule is Cc1c(N)nc(C2CC2)nc1NC1CCC(C)C1. The topological polar surface area (TPSA) is 63.8 Å². The van der Waals surface area contributed by atoms with E-state index in [4.69, 9.17) is 5.73 Å². The van der Waals surface area contributed by atoms with Crippen molar-refractivity contribution >= 4 is 11.6 Å². The molecule has 0 bridgehead atoms. The fraction of sp³-hybridized carbons (Fsp3) is 0.714. The molecule has 3 N–H and O–H groups in total. The molecule has 18 heavy (non-hydrogen) atoms. The van der Waals surface area contributed by atoms with Crippen molar-refractivity contribution in [3.8, 4) is 0 Å². The maximum atomic E-state index is 6.00. The van der Waals surface area contributed by atoms with E-state index in [0.29, 0.717) is 17.8 Å². The molecule has 2 aliphatic carbocycles. The average Bonchev–Trinajstić information content (AvgIpc) is 3.10. The predicted octanol–water partition coefficient (Wildman–Crippen LogP) is 2.85. The molecule has 0 aromatic carbocycles. The van der Waals surface area contributed by atoms with Gasteiger partial charge in [0.25, 0.3) is 0 Å². The van der Waals surface area contributed by atoms with Crippen molar-refractivity contribution in [1.82, 2.24) is 9.97 Å². The molecular formula is C14H22N4. The van der Waals surface area contributed by atoms with Crippen LogP contribution < -0.4 is 11.1 Å². The molecule has 0 radical (unpaired) electrons. The van der Waals surface area contributed by atoms with Gasteiger partial charge in [-0.25, -0.2) is 9.97 Å². The van der Waals surface area contributed by atoms with Gasteiger partial charge in [0, 0.05) is 17.5 Å². The first-order valence-electron chi connectivity index (χ1n) is 7.04. The molecule has 4 nitrogen and oxygen atoms in total. The molecule has 1 aromatic heterocycles. The Morgan fingerprint density at radius 3 is 2.56 bits per heavy atom. The second kappa shape index (κ2) is 4.41. The number of rotatable bonds is 3. The molecule has 2 aliphatic rings. The van der Waals surface area contributed by atoms with Gasteiger partial charge >= 0.3 is 0 Å². The van der Waals surface area contributed by atoms with E-state index in [-0.39, 0.29) is 0 Å². The number of nitrogens with one attached hydrogen (secondary N) is 1. The molecule has 3 rings (SSSR count). The van der Waals surface area contributed by atoms with Crippen molar-refractivity contribution in [2.24, 2.45) is 5.92 Å². The summed E-state index contributed by atoms with van der Waals surface area (Å²) in [5.41, 5.74) is 7.00. The molecule has 2 unspecified atom stereocenters. The van der Waals surface area contributed by atoms with Gasteiger partial charge in [-0.1, -0.05) is 6.92 Å². The quantitative estimate of drug-likeness (QED) is 0.860. The zero-order chi connectivity index (χ0) is 12.7. The van der Waals surface area contributed by atoms with Crippen LogP contribution in [0.15, 0.2) is 0 Å². The van der Waals surface area contributed by atoms with Gasteiger partial charge in [0.05, 0.1) is 0 Å². The Morgan fingerprint density at radius 1 is 1.17 bits per heavy atom. The smallest absolute Gasteiger partial charge is 0.136 e. The van der Waals surface area contributed by atoms with Crippen LogP contribution in [0.3, 0.4) is 0 Å². The molecule has 0 aliphatic heterocycles. The molecule has 1 aromatic rings. The molecule has 0 saturated heterocycles. The summed E-state index contributed by atoms with van der Waals surface area (Å²) in [6.45, 7) is 4.32.